The molecule has 0 aliphatic heterocycles. The Balaban J connectivity index is 2.04. The van der Waals surface area contributed by atoms with Crippen LogP contribution >= 0.6 is 11.6 Å². The summed E-state index contributed by atoms with van der Waals surface area (Å²) < 4.78 is 0. The molecule has 86 valence electrons. The van der Waals surface area contributed by atoms with Gasteiger partial charge in [0.05, 0.1) is 0 Å². The zero-order chi connectivity index (χ0) is 11.8. The molecule has 1 heterocycles. The Hall–Kier alpha value is -1.41. The molecule has 0 atom stereocenters. The predicted molar refractivity (Wildman–Crippen MR) is 69.2 cm³/mol. The first kappa shape index (κ1) is 10.7. The van der Waals surface area contributed by atoms with Crippen LogP contribution in [0, 0.1) is 6.92 Å². The lowest BCUT2D eigenvalue weighted by Gasteiger charge is -2.04. The predicted octanol–water partition coefficient (Wildman–Crippen LogP) is 3.98. The van der Waals surface area contributed by atoms with E-state index in [4.69, 9.17) is 11.6 Å². The SMILES string of the molecule is Cc1cc(Cl)nc(-c2cccc(C3CC3)c2)n1. The summed E-state index contributed by atoms with van der Waals surface area (Å²) >= 11 is 5.96. The summed E-state index contributed by atoms with van der Waals surface area (Å²) in [5.41, 5.74) is 3.35. The number of rotatable bonds is 2. The first-order valence-electron chi connectivity index (χ1n) is 5.84. The molecule has 3 heteroatoms. The van der Waals surface area contributed by atoms with Crippen molar-refractivity contribution in [2.75, 3.05) is 0 Å². The van der Waals surface area contributed by atoms with Gasteiger partial charge in [0.1, 0.15) is 5.15 Å². The van der Waals surface area contributed by atoms with Crippen LogP contribution in [0.3, 0.4) is 0 Å². The van der Waals surface area contributed by atoms with Gasteiger partial charge in [-0.15, -0.1) is 0 Å². The van der Waals surface area contributed by atoms with E-state index in [2.05, 4.69) is 28.2 Å². The maximum absolute atomic E-state index is 5.96. The molecule has 17 heavy (non-hydrogen) atoms. The van der Waals surface area contributed by atoms with Crippen LogP contribution in [-0.4, -0.2) is 9.97 Å². The highest BCUT2D eigenvalue weighted by Crippen LogP contribution is 2.40. The minimum absolute atomic E-state index is 0.504. The van der Waals surface area contributed by atoms with Gasteiger partial charge in [-0.1, -0.05) is 29.8 Å². The average molecular weight is 245 g/mol. The Morgan fingerprint density at radius 2 is 2.00 bits per heavy atom. The molecule has 1 aromatic carbocycles. The Kier molecular flexibility index (Phi) is 2.60. The fraction of sp³-hybridized carbons (Fsp3) is 0.286. The Morgan fingerprint density at radius 1 is 1.18 bits per heavy atom. The number of hydrogen-bond acceptors (Lipinski definition) is 2. The van der Waals surface area contributed by atoms with Crippen molar-refractivity contribution in [1.29, 1.82) is 0 Å². The van der Waals surface area contributed by atoms with Gasteiger partial charge in [-0.25, -0.2) is 9.97 Å². The fourth-order valence-corrected chi connectivity index (χ4v) is 2.25. The van der Waals surface area contributed by atoms with Crippen LogP contribution in [0.25, 0.3) is 11.4 Å². The molecule has 0 unspecified atom stereocenters. The molecular formula is C14H13ClN2. The van der Waals surface area contributed by atoms with E-state index in [1.807, 2.05) is 13.0 Å². The van der Waals surface area contributed by atoms with Crippen LogP contribution in [0.4, 0.5) is 0 Å². The highest BCUT2D eigenvalue weighted by atomic mass is 35.5. The lowest BCUT2D eigenvalue weighted by molar-refractivity contribution is 1.10. The maximum Gasteiger partial charge on any atom is 0.161 e. The molecule has 1 fully saturated rings. The van der Waals surface area contributed by atoms with Gasteiger partial charge in [-0.3, -0.25) is 0 Å². The van der Waals surface area contributed by atoms with Crippen LogP contribution in [0.15, 0.2) is 30.3 Å². The van der Waals surface area contributed by atoms with Crippen molar-refractivity contribution in [3.05, 3.63) is 46.7 Å². The van der Waals surface area contributed by atoms with Gasteiger partial charge in [-0.05, 0) is 43.4 Å². The van der Waals surface area contributed by atoms with Crippen molar-refractivity contribution in [2.24, 2.45) is 0 Å². The monoisotopic (exact) mass is 244 g/mol. The van der Waals surface area contributed by atoms with Crippen LogP contribution in [-0.2, 0) is 0 Å². The number of benzene rings is 1. The fourth-order valence-electron chi connectivity index (χ4n) is 2.01. The van der Waals surface area contributed by atoms with Crippen LogP contribution in [0.5, 0.6) is 0 Å². The molecule has 0 saturated heterocycles. The molecule has 0 bridgehead atoms. The maximum atomic E-state index is 5.96. The van der Waals surface area contributed by atoms with Crippen molar-refractivity contribution in [2.45, 2.75) is 25.7 Å². The van der Waals surface area contributed by atoms with Gasteiger partial charge >= 0.3 is 0 Å². The lowest BCUT2D eigenvalue weighted by atomic mass is 10.1. The van der Waals surface area contributed by atoms with Gasteiger partial charge in [0.25, 0.3) is 0 Å². The highest BCUT2D eigenvalue weighted by Gasteiger charge is 2.23. The third-order valence-corrected chi connectivity index (χ3v) is 3.21. The van der Waals surface area contributed by atoms with E-state index in [0.717, 1.165) is 23.0 Å². The number of aryl methyl sites for hydroxylation is 1. The number of hydrogen-bond donors (Lipinski definition) is 0. The normalized spacial score (nSPS) is 14.9. The quantitative estimate of drug-likeness (QED) is 0.747. The summed E-state index contributed by atoms with van der Waals surface area (Å²) in [6.07, 6.45) is 2.61. The van der Waals surface area contributed by atoms with Crippen LogP contribution in [0.2, 0.25) is 5.15 Å². The molecule has 1 aromatic heterocycles. The van der Waals surface area contributed by atoms with Crippen LogP contribution < -0.4 is 0 Å². The standard InChI is InChI=1S/C14H13ClN2/c1-9-7-13(15)17-14(16-9)12-4-2-3-11(8-12)10-5-6-10/h2-4,7-8,10H,5-6H2,1H3. The first-order valence-corrected chi connectivity index (χ1v) is 6.22. The van der Waals surface area contributed by atoms with Gasteiger partial charge < -0.3 is 0 Å². The third-order valence-electron chi connectivity index (χ3n) is 3.02. The molecule has 3 rings (SSSR count). The smallest absolute Gasteiger partial charge is 0.161 e. The summed E-state index contributed by atoms with van der Waals surface area (Å²) in [5, 5.41) is 0.504. The number of nitrogens with zero attached hydrogens (tertiary/aromatic N) is 2. The number of halogens is 1. The summed E-state index contributed by atoms with van der Waals surface area (Å²) in [7, 11) is 0. The molecule has 1 aliphatic carbocycles. The summed E-state index contributed by atoms with van der Waals surface area (Å²) in [5.74, 6) is 1.47. The zero-order valence-corrected chi connectivity index (χ0v) is 10.4. The Bertz CT molecular complexity index is 542. The van der Waals surface area contributed by atoms with Crippen molar-refractivity contribution in [3.63, 3.8) is 0 Å². The molecule has 1 aliphatic rings. The second-order valence-electron chi connectivity index (χ2n) is 4.56. The van der Waals surface area contributed by atoms with E-state index < -0.39 is 0 Å². The molecular weight excluding hydrogens is 232 g/mol. The van der Waals surface area contributed by atoms with E-state index in [9.17, 15) is 0 Å². The summed E-state index contributed by atoms with van der Waals surface area (Å²) in [6, 6.07) is 10.2. The van der Waals surface area contributed by atoms with E-state index >= 15 is 0 Å². The third kappa shape index (κ3) is 2.32. The molecule has 0 amide bonds. The minimum atomic E-state index is 0.504. The molecule has 1 saturated carbocycles. The van der Waals surface area contributed by atoms with Crippen LogP contribution in [0.1, 0.15) is 30.0 Å². The minimum Gasteiger partial charge on any atom is -0.233 e. The second-order valence-corrected chi connectivity index (χ2v) is 4.94. The largest absolute Gasteiger partial charge is 0.233 e. The van der Waals surface area contributed by atoms with Crippen molar-refractivity contribution in [3.8, 4) is 11.4 Å². The Morgan fingerprint density at radius 3 is 2.71 bits per heavy atom. The van der Waals surface area contributed by atoms with E-state index in [0.29, 0.717) is 5.15 Å². The molecule has 2 aromatic rings. The second kappa shape index (κ2) is 4.11. The van der Waals surface area contributed by atoms with Crippen molar-refractivity contribution < 1.29 is 0 Å². The summed E-state index contributed by atoms with van der Waals surface area (Å²) in [4.78, 5) is 8.71. The van der Waals surface area contributed by atoms with Gasteiger partial charge in [-0.2, -0.15) is 0 Å². The summed E-state index contributed by atoms with van der Waals surface area (Å²) in [6.45, 7) is 1.93. The van der Waals surface area contributed by atoms with Gasteiger partial charge in [0.2, 0.25) is 0 Å². The molecule has 0 spiro atoms. The topological polar surface area (TPSA) is 25.8 Å². The van der Waals surface area contributed by atoms with E-state index in [1.165, 1.54) is 18.4 Å². The Labute approximate surface area is 106 Å². The van der Waals surface area contributed by atoms with Crippen molar-refractivity contribution in [1.82, 2.24) is 9.97 Å². The molecule has 0 radical (unpaired) electrons. The first-order chi connectivity index (χ1) is 8.22. The average Bonchev–Trinajstić information content (AvgIpc) is 3.12. The number of aromatic nitrogens is 2. The molecule has 0 N–H and O–H groups in total. The van der Waals surface area contributed by atoms with Gasteiger partial charge in [0, 0.05) is 11.3 Å². The lowest BCUT2D eigenvalue weighted by Crippen LogP contribution is -1.93. The van der Waals surface area contributed by atoms with Gasteiger partial charge in [0.15, 0.2) is 5.82 Å². The van der Waals surface area contributed by atoms with E-state index in [-0.39, 0.29) is 0 Å². The zero-order valence-electron chi connectivity index (χ0n) is 9.65. The highest BCUT2D eigenvalue weighted by molar-refractivity contribution is 6.29. The van der Waals surface area contributed by atoms with Crippen molar-refractivity contribution >= 4 is 11.6 Å². The molecule has 2 nitrogen and oxygen atoms in total. The van der Waals surface area contributed by atoms with E-state index in [1.54, 1.807) is 6.07 Å².